The van der Waals surface area contributed by atoms with Crippen molar-refractivity contribution in [1.29, 1.82) is 0 Å². The van der Waals surface area contributed by atoms with Gasteiger partial charge in [-0.2, -0.15) is 0 Å². The second-order valence-electron chi connectivity index (χ2n) is 7.15. The number of piperidine rings is 1. The molecule has 0 spiro atoms. The van der Waals surface area contributed by atoms with E-state index in [0.717, 1.165) is 44.6 Å². The smallest absolute Gasteiger partial charge is 0.230 e. The standard InChI is InChI=1S/C19H25N3O2/c1-14(23)20-10-7-16(8-11-20)19(24)22-13-12-21-9-3-5-15-4-2-6-17(22)18(15)21/h2,4,6,16H,3,5,7-13H2,1H3. The van der Waals surface area contributed by atoms with Crippen molar-refractivity contribution in [3.05, 3.63) is 23.8 Å². The Hall–Kier alpha value is -2.04. The first-order chi connectivity index (χ1) is 11.6. The van der Waals surface area contributed by atoms with Gasteiger partial charge in [0.25, 0.3) is 0 Å². The lowest BCUT2D eigenvalue weighted by Gasteiger charge is -2.43. The Kier molecular flexibility index (Phi) is 3.94. The maximum Gasteiger partial charge on any atom is 0.230 e. The molecule has 1 saturated heterocycles. The van der Waals surface area contributed by atoms with E-state index in [1.165, 1.54) is 17.7 Å². The van der Waals surface area contributed by atoms with Crippen LogP contribution in [0.15, 0.2) is 18.2 Å². The monoisotopic (exact) mass is 327 g/mol. The highest BCUT2D eigenvalue weighted by molar-refractivity contribution is 6.00. The van der Waals surface area contributed by atoms with Crippen LogP contribution >= 0.6 is 0 Å². The molecular weight excluding hydrogens is 302 g/mol. The van der Waals surface area contributed by atoms with E-state index in [0.29, 0.717) is 13.1 Å². The van der Waals surface area contributed by atoms with Crippen molar-refractivity contribution in [2.24, 2.45) is 5.92 Å². The molecule has 5 nitrogen and oxygen atoms in total. The summed E-state index contributed by atoms with van der Waals surface area (Å²) in [5, 5.41) is 0. The number of carbonyl (C=O) groups excluding carboxylic acids is 2. The molecule has 2 amide bonds. The number of rotatable bonds is 1. The number of para-hydroxylation sites is 1. The molecule has 4 rings (SSSR count). The molecule has 0 N–H and O–H groups in total. The third-order valence-corrected chi connectivity index (χ3v) is 5.73. The van der Waals surface area contributed by atoms with Gasteiger partial charge >= 0.3 is 0 Å². The van der Waals surface area contributed by atoms with E-state index < -0.39 is 0 Å². The maximum atomic E-state index is 13.1. The fraction of sp³-hybridized carbons (Fsp3) is 0.579. The summed E-state index contributed by atoms with van der Waals surface area (Å²) in [5.74, 6) is 0.412. The van der Waals surface area contributed by atoms with Crippen LogP contribution in [0.2, 0.25) is 0 Å². The first kappa shape index (κ1) is 15.5. The van der Waals surface area contributed by atoms with Crippen molar-refractivity contribution in [1.82, 2.24) is 4.90 Å². The highest BCUT2D eigenvalue weighted by Gasteiger charge is 2.35. The van der Waals surface area contributed by atoms with Gasteiger partial charge in [0.1, 0.15) is 0 Å². The highest BCUT2D eigenvalue weighted by atomic mass is 16.2. The lowest BCUT2D eigenvalue weighted by Crippen LogP contribution is -2.49. The van der Waals surface area contributed by atoms with Crippen LogP contribution in [0.25, 0.3) is 0 Å². The van der Waals surface area contributed by atoms with E-state index in [4.69, 9.17) is 0 Å². The van der Waals surface area contributed by atoms with E-state index in [1.807, 2.05) is 9.80 Å². The quantitative estimate of drug-likeness (QED) is 0.793. The van der Waals surface area contributed by atoms with Crippen molar-refractivity contribution in [3.8, 4) is 0 Å². The van der Waals surface area contributed by atoms with Crippen molar-refractivity contribution >= 4 is 23.2 Å². The van der Waals surface area contributed by atoms with Crippen LogP contribution in [-0.2, 0) is 16.0 Å². The van der Waals surface area contributed by atoms with E-state index in [9.17, 15) is 9.59 Å². The Morgan fingerprint density at radius 3 is 2.58 bits per heavy atom. The van der Waals surface area contributed by atoms with Gasteiger partial charge in [-0.1, -0.05) is 12.1 Å². The molecule has 0 bridgehead atoms. The Morgan fingerprint density at radius 2 is 1.83 bits per heavy atom. The normalized spacial score (nSPS) is 20.8. The Morgan fingerprint density at radius 1 is 1.04 bits per heavy atom. The molecule has 0 unspecified atom stereocenters. The maximum absolute atomic E-state index is 13.1. The van der Waals surface area contributed by atoms with Gasteiger partial charge in [-0.3, -0.25) is 9.59 Å². The molecular formula is C19H25N3O2. The molecule has 0 aromatic heterocycles. The van der Waals surface area contributed by atoms with Gasteiger partial charge in [0, 0.05) is 45.6 Å². The highest BCUT2D eigenvalue weighted by Crippen LogP contribution is 2.40. The number of hydrogen-bond donors (Lipinski definition) is 0. The van der Waals surface area contributed by atoms with E-state index in [2.05, 4.69) is 23.1 Å². The third kappa shape index (κ3) is 2.56. The van der Waals surface area contributed by atoms with E-state index in [1.54, 1.807) is 6.92 Å². The number of amides is 2. The molecule has 3 aliphatic heterocycles. The van der Waals surface area contributed by atoms with Gasteiger partial charge in [-0.05, 0) is 37.3 Å². The van der Waals surface area contributed by atoms with Crippen LogP contribution in [-0.4, -0.2) is 49.4 Å². The number of aryl methyl sites for hydroxylation is 1. The van der Waals surface area contributed by atoms with Gasteiger partial charge < -0.3 is 14.7 Å². The summed E-state index contributed by atoms with van der Waals surface area (Å²) < 4.78 is 0. The Bertz CT molecular complexity index is 665. The zero-order valence-electron chi connectivity index (χ0n) is 14.3. The summed E-state index contributed by atoms with van der Waals surface area (Å²) in [6.45, 7) is 5.84. The molecule has 24 heavy (non-hydrogen) atoms. The average Bonchev–Trinajstić information content (AvgIpc) is 2.62. The lowest BCUT2D eigenvalue weighted by molar-refractivity contribution is -0.133. The zero-order chi connectivity index (χ0) is 16.7. The molecule has 3 heterocycles. The fourth-order valence-electron chi connectivity index (χ4n) is 4.39. The predicted molar refractivity (Wildman–Crippen MR) is 94.3 cm³/mol. The Balaban J connectivity index is 1.55. The number of hydrogen-bond acceptors (Lipinski definition) is 3. The van der Waals surface area contributed by atoms with Gasteiger partial charge in [-0.15, -0.1) is 0 Å². The van der Waals surface area contributed by atoms with Gasteiger partial charge in [0.15, 0.2) is 0 Å². The van der Waals surface area contributed by atoms with Crippen LogP contribution in [0.4, 0.5) is 11.4 Å². The molecule has 1 aromatic rings. The molecule has 3 aliphatic rings. The topological polar surface area (TPSA) is 43.9 Å². The molecule has 0 radical (unpaired) electrons. The first-order valence-corrected chi connectivity index (χ1v) is 9.09. The summed E-state index contributed by atoms with van der Waals surface area (Å²) in [6, 6.07) is 6.38. The van der Waals surface area contributed by atoms with Crippen LogP contribution in [0.5, 0.6) is 0 Å². The van der Waals surface area contributed by atoms with Crippen LogP contribution < -0.4 is 9.80 Å². The number of benzene rings is 1. The minimum atomic E-state index is 0.0478. The van der Waals surface area contributed by atoms with Crippen molar-refractivity contribution in [3.63, 3.8) is 0 Å². The van der Waals surface area contributed by atoms with Crippen molar-refractivity contribution < 1.29 is 9.59 Å². The SMILES string of the molecule is CC(=O)N1CCC(C(=O)N2CCN3CCCc4cccc2c43)CC1. The van der Waals surface area contributed by atoms with Crippen LogP contribution in [0.3, 0.4) is 0 Å². The molecule has 0 aliphatic carbocycles. The molecule has 1 aromatic carbocycles. The van der Waals surface area contributed by atoms with Gasteiger partial charge in [-0.25, -0.2) is 0 Å². The largest absolute Gasteiger partial charge is 0.368 e. The van der Waals surface area contributed by atoms with Crippen LogP contribution in [0, 0.1) is 5.92 Å². The fourth-order valence-corrected chi connectivity index (χ4v) is 4.39. The summed E-state index contributed by atoms with van der Waals surface area (Å²) in [6.07, 6.45) is 3.88. The van der Waals surface area contributed by atoms with Crippen molar-refractivity contribution in [2.45, 2.75) is 32.6 Å². The summed E-state index contributed by atoms with van der Waals surface area (Å²) in [4.78, 5) is 30.9. The molecule has 1 fully saturated rings. The minimum Gasteiger partial charge on any atom is -0.368 e. The molecule has 0 saturated carbocycles. The number of anilines is 2. The molecule has 128 valence electrons. The molecule has 0 atom stereocenters. The molecule has 5 heteroatoms. The predicted octanol–water partition coefficient (Wildman–Crippen LogP) is 2.04. The number of likely N-dealkylation sites (tertiary alicyclic amines) is 1. The average molecular weight is 327 g/mol. The van der Waals surface area contributed by atoms with Crippen molar-refractivity contribution in [2.75, 3.05) is 42.5 Å². The van der Waals surface area contributed by atoms with Crippen LogP contribution in [0.1, 0.15) is 31.7 Å². The number of nitrogens with zero attached hydrogens (tertiary/aromatic N) is 3. The van der Waals surface area contributed by atoms with Gasteiger partial charge in [0.05, 0.1) is 11.4 Å². The zero-order valence-corrected chi connectivity index (χ0v) is 14.3. The summed E-state index contributed by atoms with van der Waals surface area (Å²) >= 11 is 0. The first-order valence-electron chi connectivity index (χ1n) is 9.09. The second-order valence-corrected chi connectivity index (χ2v) is 7.15. The minimum absolute atomic E-state index is 0.0478. The third-order valence-electron chi connectivity index (χ3n) is 5.73. The lowest BCUT2D eigenvalue weighted by atomic mass is 9.93. The van der Waals surface area contributed by atoms with E-state index >= 15 is 0 Å². The summed E-state index contributed by atoms with van der Waals surface area (Å²) in [5.41, 5.74) is 3.75. The Labute approximate surface area is 143 Å². The summed E-state index contributed by atoms with van der Waals surface area (Å²) in [7, 11) is 0. The van der Waals surface area contributed by atoms with Gasteiger partial charge in [0.2, 0.25) is 11.8 Å². The number of carbonyl (C=O) groups is 2. The second kappa shape index (κ2) is 6.11. The van der Waals surface area contributed by atoms with E-state index in [-0.39, 0.29) is 17.7 Å².